The summed E-state index contributed by atoms with van der Waals surface area (Å²) in [4.78, 5) is 0. The Morgan fingerprint density at radius 3 is 2.04 bits per heavy atom. The summed E-state index contributed by atoms with van der Waals surface area (Å²) in [5, 5.41) is 2.81. The lowest BCUT2D eigenvalue weighted by Gasteiger charge is -2.06. The Morgan fingerprint density at radius 2 is 1.28 bits per heavy atom. The fourth-order valence-electron chi connectivity index (χ4n) is 3.54. The quantitative estimate of drug-likeness (QED) is 0.255. The zero-order valence-electron chi connectivity index (χ0n) is 16.2. The van der Waals surface area contributed by atoms with Crippen LogP contribution in [0.25, 0.3) is 10.8 Å². The van der Waals surface area contributed by atoms with E-state index in [1.54, 1.807) is 0 Å². The zero-order chi connectivity index (χ0) is 17.6. The second-order valence-electron chi connectivity index (χ2n) is 7.27. The van der Waals surface area contributed by atoms with E-state index in [4.69, 9.17) is 0 Å². The van der Waals surface area contributed by atoms with Gasteiger partial charge in [-0.25, -0.2) is 0 Å². The summed E-state index contributed by atoms with van der Waals surface area (Å²) in [5.74, 6) is 0. The molecular weight excluding hydrogens is 300 g/mol. The molecule has 0 heteroatoms. The van der Waals surface area contributed by atoms with Crippen LogP contribution < -0.4 is 0 Å². The highest BCUT2D eigenvalue weighted by Crippen LogP contribution is 2.20. The third-order valence-corrected chi connectivity index (χ3v) is 5.09. The third kappa shape index (κ3) is 7.90. The molecule has 0 aliphatic carbocycles. The van der Waals surface area contributed by atoms with Crippen molar-refractivity contribution >= 4 is 10.8 Å². The van der Waals surface area contributed by atoms with Crippen molar-refractivity contribution in [2.45, 2.75) is 84.0 Å². The van der Waals surface area contributed by atoms with E-state index in [9.17, 15) is 0 Å². The SMILES string of the molecule is CCCCCCC/C=C/CCCCCCc1cccc2ccccc12. The number of fused-ring (bicyclic) bond motifs is 1. The monoisotopic (exact) mass is 336 g/mol. The van der Waals surface area contributed by atoms with Crippen LogP contribution in [0, 0.1) is 0 Å². The van der Waals surface area contributed by atoms with E-state index < -0.39 is 0 Å². The fraction of sp³-hybridized carbons (Fsp3) is 0.520. The minimum absolute atomic E-state index is 1.22. The van der Waals surface area contributed by atoms with Crippen molar-refractivity contribution < 1.29 is 0 Å². The standard InChI is InChI=1S/C25H36/c1-2-3-4-5-6-7-8-9-10-11-12-13-14-18-23-20-17-21-24-19-15-16-22-25(23)24/h8-9,15-17,19-22H,2-7,10-14,18H2,1H3/b9-8+. The highest BCUT2D eigenvalue weighted by molar-refractivity contribution is 5.85. The molecule has 0 atom stereocenters. The van der Waals surface area contributed by atoms with Crippen molar-refractivity contribution in [2.75, 3.05) is 0 Å². The number of benzene rings is 2. The maximum Gasteiger partial charge on any atom is -0.0152 e. The minimum atomic E-state index is 1.22. The summed E-state index contributed by atoms with van der Waals surface area (Å²) in [5.41, 5.74) is 1.51. The Balaban J connectivity index is 1.51. The molecule has 0 N–H and O–H groups in total. The Labute approximate surface area is 155 Å². The van der Waals surface area contributed by atoms with E-state index in [0.717, 1.165) is 0 Å². The van der Waals surface area contributed by atoms with Gasteiger partial charge >= 0.3 is 0 Å². The molecule has 0 aromatic heterocycles. The predicted molar refractivity (Wildman–Crippen MR) is 113 cm³/mol. The lowest BCUT2D eigenvalue weighted by Crippen LogP contribution is -1.88. The number of hydrogen-bond acceptors (Lipinski definition) is 0. The van der Waals surface area contributed by atoms with Gasteiger partial charge in [0.25, 0.3) is 0 Å². The molecular formula is C25H36. The van der Waals surface area contributed by atoms with Crippen molar-refractivity contribution in [2.24, 2.45) is 0 Å². The molecule has 25 heavy (non-hydrogen) atoms. The smallest absolute Gasteiger partial charge is 0.0152 e. The first-order valence-electron chi connectivity index (χ1n) is 10.5. The second-order valence-corrected chi connectivity index (χ2v) is 7.27. The van der Waals surface area contributed by atoms with Gasteiger partial charge in [-0.05, 0) is 54.9 Å². The van der Waals surface area contributed by atoms with Gasteiger partial charge in [0.05, 0.1) is 0 Å². The molecule has 2 aromatic rings. The Kier molecular flexibility index (Phi) is 10.1. The summed E-state index contributed by atoms with van der Waals surface area (Å²) in [6.07, 6.45) is 20.9. The van der Waals surface area contributed by atoms with Crippen LogP contribution in [0.3, 0.4) is 0 Å². The zero-order valence-corrected chi connectivity index (χ0v) is 16.2. The normalized spacial score (nSPS) is 11.6. The maximum absolute atomic E-state index is 2.41. The average molecular weight is 337 g/mol. The summed E-state index contributed by atoms with van der Waals surface area (Å²) < 4.78 is 0. The largest absolute Gasteiger partial charge is 0.0885 e. The van der Waals surface area contributed by atoms with E-state index >= 15 is 0 Å². The molecule has 2 aromatic carbocycles. The molecule has 0 amide bonds. The van der Waals surface area contributed by atoms with Crippen LogP contribution in [0.2, 0.25) is 0 Å². The van der Waals surface area contributed by atoms with Gasteiger partial charge in [-0.15, -0.1) is 0 Å². The molecule has 0 spiro atoms. The third-order valence-electron chi connectivity index (χ3n) is 5.09. The van der Waals surface area contributed by atoms with Crippen molar-refractivity contribution in [1.29, 1.82) is 0 Å². The molecule has 0 heterocycles. The fourth-order valence-corrected chi connectivity index (χ4v) is 3.54. The second kappa shape index (κ2) is 12.8. The van der Waals surface area contributed by atoms with Gasteiger partial charge in [0.1, 0.15) is 0 Å². The van der Waals surface area contributed by atoms with Gasteiger partial charge in [0, 0.05) is 0 Å². The first-order valence-corrected chi connectivity index (χ1v) is 10.5. The van der Waals surface area contributed by atoms with Crippen LogP contribution in [-0.2, 0) is 6.42 Å². The van der Waals surface area contributed by atoms with Gasteiger partial charge in [-0.1, -0.05) is 100 Å². The van der Waals surface area contributed by atoms with Gasteiger partial charge in [-0.3, -0.25) is 0 Å². The molecule has 0 bridgehead atoms. The first-order chi connectivity index (χ1) is 12.4. The molecule has 0 fully saturated rings. The lowest BCUT2D eigenvalue weighted by molar-refractivity contribution is 0.634. The van der Waals surface area contributed by atoms with Crippen LogP contribution in [0.15, 0.2) is 54.6 Å². The summed E-state index contributed by atoms with van der Waals surface area (Å²) >= 11 is 0. The topological polar surface area (TPSA) is 0 Å². The van der Waals surface area contributed by atoms with Crippen molar-refractivity contribution in [3.63, 3.8) is 0 Å². The maximum atomic E-state index is 2.41. The van der Waals surface area contributed by atoms with E-state index in [1.165, 1.54) is 93.4 Å². The molecule has 0 saturated heterocycles. The molecule has 0 radical (unpaired) electrons. The van der Waals surface area contributed by atoms with Crippen LogP contribution in [0.5, 0.6) is 0 Å². The highest BCUT2D eigenvalue weighted by Gasteiger charge is 1.99. The van der Waals surface area contributed by atoms with Gasteiger partial charge in [0.15, 0.2) is 0 Å². The molecule has 2 rings (SSSR count). The van der Waals surface area contributed by atoms with E-state index in [0.29, 0.717) is 0 Å². The van der Waals surface area contributed by atoms with Crippen molar-refractivity contribution in [3.05, 3.63) is 60.2 Å². The van der Waals surface area contributed by atoms with Crippen LogP contribution in [0.4, 0.5) is 0 Å². The number of unbranched alkanes of at least 4 members (excludes halogenated alkanes) is 9. The average Bonchev–Trinajstić information content (AvgIpc) is 2.65. The summed E-state index contributed by atoms with van der Waals surface area (Å²) in [6, 6.07) is 15.5. The Morgan fingerprint density at radius 1 is 0.640 bits per heavy atom. The van der Waals surface area contributed by atoms with Crippen LogP contribution >= 0.6 is 0 Å². The minimum Gasteiger partial charge on any atom is -0.0885 e. The van der Waals surface area contributed by atoms with E-state index in [-0.39, 0.29) is 0 Å². The first kappa shape index (κ1) is 19.8. The van der Waals surface area contributed by atoms with Crippen molar-refractivity contribution in [1.82, 2.24) is 0 Å². The summed E-state index contributed by atoms with van der Waals surface area (Å²) in [6.45, 7) is 2.28. The Bertz CT molecular complexity index is 603. The molecule has 136 valence electrons. The summed E-state index contributed by atoms with van der Waals surface area (Å²) in [7, 11) is 0. The van der Waals surface area contributed by atoms with Crippen LogP contribution in [0.1, 0.15) is 83.1 Å². The van der Waals surface area contributed by atoms with Crippen LogP contribution in [-0.4, -0.2) is 0 Å². The molecule has 0 nitrogen and oxygen atoms in total. The molecule has 0 aliphatic heterocycles. The Hall–Kier alpha value is -1.56. The number of hydrogen-bond donors (Lipinski definition) is 0. The van der Waals surface area contributed by atoms with Gasteiger partial charge in [-0.2, -0.15) is 0 Å². The lowest BCUT2D eigenvalue weighted by atomic mass is 9.99. The van der Waals surface area contributed by atoms with Crippen molar-refractivity contribution in [3.8, 4) is 0 Å². The van der Waals surface area contributed by atoms with E-state index in [1.807, 2.05) is 0 Å². The number of aryl methyl sites for hydroxylation is 1. The number of allylic oxidation sites excluding steroid dienone is 2. The molecule has 0 aliphatic rings. The number of rotatable bonds is 13. The molecule has 0 saturated carbocycles. The molecule has 0 unspecified atom stereocenters. The van der Waals surface area contributed by atoms with Gasteiger partial charge < -0.3 is 0 Å². The van der Waals surface area contributed by atoms with Gasteiger partial charge in [0.2, 0.25) is 0 Å². The highest BCUT2D eigenvalue weighted by atomic mass is 14.0. The van der Waals surface area contributed by atoms with E-state index in [2.05, 4.69) is 61.5 Å². The predicted octanol–water partition coefficient (Wildman–Crippen LogP) is 8.25.